The lowest BCUT2D eigenvalue weighted by molar-refractivity contribution is -0.172. The summed E-state index contributed by atoms with van der Waals surface area (Å²) >= 11 is 0. The van der Waals surface area contributed by atoms with Gasteiger partial charge in [0.2, 0.25) is 0 Å². The highest BCUT2D eigenvalue weighted by Gasteiger charge is 2.33. The lowest BCUT2D eigenvalue weighted by atomic mass is 10.1. The second kappa shape index (κ2) is 6.71. The summed E-state index contributed by atoms with van der Waals surface area (Å²) in [5, 5.41) is 1.46. The van der Waals surface area contributed by atoms with Crippen LogP contribution >= 0.6 is 0 Å². The van der Waals surface area contributed by atoms with Crippen molar-refractivity contribution in [3.63, 3.8) is 0 Å². The van der Waals surface area contributed by atoms with Crippen molar-refractivity contribution in [2.24, 2.45) is 0 Å². The van der Waals surface area contributed by atoms with Crippen molar-refractivity contribution in [3.8, 4) is 0 Å². The number of rotatable bonds is 4. The fourth-order valence-electron chi connectivity index (χ4n) is 2.41. The summed E-state index contributed by atoms with van der Waals surface area (Å²) < 4.78 is 0. The first-order valence-electron chi connectivity index (χ1n) is 7.66. The number of imide groups is 1. The van der Waals surface area contributed by atoms with Gasteiger partial charge < -0.3 is 9.68 Å². The molecule has 1 aromatic carbocycles. The summed E-state index contributed by atoms with van der Waals surface area (Å²) in [4.78, 5) is 67.9. The number of carbonyl (C=O) groups is 5. The summed E-state index contributed by atoms with van der Waals surface area (Å²) in [6, 6.07) is 5.26. The van der Waals surface area contributed by atoms with Gasteiger partial charge in [-0.15, -0.1) is 5.06 Å². The molecule has 25 heavy (non-hydrogen) atoms. The molecule has 130 valence electrons. The molecule has 2 aliphatic rings. The zero-order valence-electron chi connectivity index (χ0n) is 13.1. The Bertz CT molecular complexity index is 740. The summed E-state index contributed by atoms with van der Waals surface area (Å²) in [6.07, 6.45) is 0.981. The molecule has 1 aromatic rings. The van der Waals surface area contributed by atoms with Gasteiger partial charge in [-0.25, -0.2) is 9.59 Å². The molecule has 0 radical (unpaired) electrons. The van der Waals surface area contributed by atoms with Gasteiger partial charge in [-0.05, 0) is 30.7 Å². The van der Waals surface area contributed by atoms with Crippen molar-refractivity contribution < 1.29 is 33.6 Å². The van der Waals surface area contributed by atoms with Crippen LogP contribution in [0.2, 0.25) is 0 Å². The van der Waals surface area contributed by atoms with Crippen molar-refractivity contribution >= 4 is 29.7 Å². The molecule has 2 saturated heterocycles. The molecule has 2 fully saturated rings. The molecule has 9 heteroatoms. The zero-order valence-corrected chi connectivity index (χ0v) is 13.1. The quantitative estimate of drug-likeness (QED) is 0.734. The third-order valence-corrected chi connectivity index (χ3v) is 3.76. The van der Waals surface area contributed by atoms with Crippen molar-refractivity contribution in [1.29, 1.82) is 0 Å². The summed E-state index contributed by atoms with van der Waals surface area (Å²) in [5.41, 5.74) is 0.200. The minimum atomic E-state index is -0.891. The van der Waals surface area contributed by atoms with Crippen LogP contribution in [-0.4, -0.2) is 46.3 Å². The van der Waals surface area contributed by atoms with Crippen LogP contribution in [0.15, 0.2) is 24.3 Å². The topological polar surface area (TPSA) is 110 Å². The molecule has 0 bridgehead atoms. The van der Waals surface area contributed by atoms with Crippen LogP contribution in [0.3, 0.4) is 0 Å². The van der Waals surface area contributed by atoms with Crippen LogP contribution in [0.5, 0.6) is 0 Å². The van der Waals surface area contributed by atoms with Gasteiger partial charge >= 0.3 is 11.9 Å². The summed E-state index contributed by atoms with van der Waals surface area (Å²) in [5.74, 6) is -3.02. The number of hydrogen-bond acceptors (Lipinski definition) is 7. The fraction of sp³-hybridized carbons (Fsp3) is 0.312. The van der Waals surface area contributed by atoms with Crippen LogP contribution in [0.1, 0.15) is 46.4 Å². The third-order valence-electron chi connectivity index (χ3n) is 3.76. The summed E-state index contributed by atoms with van der Waals surface area (Å²) in [6.45, 7) is 0.354. The molecular formula is C16H14N2O7. The first kappa shape index (κ1) is 16.6. The number of hydrogen-bond donors (Lipinski definition) is 0. The zero-order chi connectivity index (χ0) is 18.0. The molecule has 0 aliphatic carbocycles. The van der Waals surface area contributed by atoms with E-state index in [1.165, 1.54) is 24.3 Å². The second-order valence-electron chi connectivity index (χ2n) is 5.52. The largest absolute Gasteiger partial charge is 0.363 e. The fourth-order valence-corrected chi connectivity index (χ4v) is 2.41. The van der Waals surface area contributed by atoms with Gasteiger partial charge in [0.15, 0.2) is 0 Å². The number of carbonyl (C=O) groups excluding carboxylic acids is 5. The van der Waals surface area contributed by atoms with E-state index in [0.29, 0.717) is 24.4 Å². The minimum Gasteiger partial charge on any atom is -0.333 e. The number of benzene rings is 1. The third kappa shape index (κ3) is 3.49. The average Bonchev–Trinajstić information content (AvgIpc) is 3.15. The highest BCUT2D eigenvalue weighted by Crippen LogP contribution is 2.16. The lowest BCUT2D eigenvalue weighted by Gasteiger charge is -2.14. The Morgan fingerprint density at radius 2 is 1.28 bits per heavy atom. The first-order chi connectivity index (χ1) is 12.0. The van der Waals surface area contributed by atoms with Crippen LogP contribution in [0.4, 0.5) is 0 Å². The molecule has 0 atom stereocenters. The van der Waals surface area contributed by atoms with Gasteiger partial charge in [0.05, 0.1) is 17.7 Å². The van der Waals surface area contributed by atoms with E-state index in [1.807, 2.05) is 0 Å². The molecule has 3 amide bonds. The predicted octanol–water partition coefficient (Wildman–Crippen LogP) is 0.602. The Morgan fingerprint density at radius 3 is 1.76 bits per heavy atom. The smallest absolute Gasteiger partial charge is 0.333 e. The Morgan fingerprint density at radius 1 is 0.760 bits per heavy atom. The van der Waals surface area contributed by atoms with Crippen molar-refractivity contribution in [1.82, 2.24) is 10.1 Å². The molecule has 2 aliphatic heterocycles. The Kier molecular flexibility index (Phi) is 4.46. The van der Waals surface area contributed by atoms with E-state index in [9.17, 15) is 24.0 Å². The van der Waals surface area contributed by atoms with E-state index < -0.39 is 23.8 Å². The molecule has 0 aromatic heterocycles. The second-order valence-corrected chi connectivity index (χ2v) is 5.52. The van der Waals surface area contributed by atoms with E-state index in [1.54, 1.807) is 0 Å². The van der Waals surface area contributed by atoms with Gasteiger partial charge in [0, 0.05) is 19.3 Å². The molecular weight excluding hydrogens is 332 g/mol. The van der Waals surface area contributed by atoms with Crippen LogP contribution in [-0.2, 0) is 24.1 Å². The van der Waals surface area contributed by atoms with E-state index in [4.69, 9.17) is 9.68 Å². The molecule has 2 heterocycles. The number of nitrogens with zero attached hydrogens (tertiary/aromatic N) is 2. The standard InChI is InChI=1S/C16H14N2O7/c19-12-2-1-9-17(12)24-15(22)10-3-5-11(6-4-10)16(23)25-18-13(20)7-8-14(18)21/h3-6H,1-2,7-9H2. The molecule has 0 saturated carbocycles. The van der Waals surface area contributed by atoms with Gasteiger partial charge in [-0.1, -0.05) is 0 Å². The van der Waals surface area contributed by atoms with Gasteiger partial charge in [-0.2, -0.15) is 5.06 Å². The maximum atomic E-state index is 12.0. The molecule has 0 spiro atoms. The average molecular weight is 346 g/mol. The molecule has 3 rings (SSSR count). The van der Waals surface area contributed by atoms with Crippen molar-refractivity contribution in [2.75, 3.05) is 6.54 Å². The Hall–Kier alpha value is -3.23. The maximum Gasteiger partial charge on any atom is 0.363 e. The lowest BCUT2D eigenvalue weighted by Crippen LogP contribution is -2.32. The summed E-state index contributed by atoms with van der Waals surface area (Å²) in [7, 11) is 0. The Labute approximate surface area is 142 Å². The highest BCUT2D eigenvalue weighted by molar-refractivity contribution is 6.03. The maximum absolute atomic E-state index is 12.0. The van der Waals surface area contributed by atoms with Crippen LogP contribution in [0.25, 0.3) is 0 Å². The minimum absolute atomic E-state index is 0.00606. The molecule has 0 unspecified atom stereocenters. The van der Waals surface area contributed by atoms with Crippen molar-refractivity contribution in [2.45, 2.75) is 25.7 Å². The molecule has 9 nitrogen and oxygen atoms in total. The van der Waals surface area contributed by atoms with Gasteiger partial charge in [0.1, 0.15) is 0 Å². The van der Waals surface area contributed by atoms with Gasteiger partial charge in [0.25, 0.3) is 17.7 Å². The monoisotopic (exact) mass is 346 g/mol. The van der Waals surface area contributed by atoms with Crippen molar-refractivity contribution in [3.05, 3.63) is 35.4 Å². The van der Waals surface area contributed by atoms with E-state index >= 15 is 0 Å². The molecule has 0 N–H and O–H groups in total. The SMILES string of the molecule is O=C(ON1CCCC1=O)c1ccc(C(=O)ON2C(=O)CCC2=O)cc1. The van der Waals surface area contributed by atoms with Gasteiger partial charge in [-0.3, -0.25) is 14.4 Å². The van der Waals surface area contributed by atoms with E-state index in [-0.39, 0.29) is 29.9 Å². The van der Waals surface area contributed by atoms with E-state index in [2.05, 4.69) is 0 Å². The number of amides is 3. The van der Waals surface area contributed by atoms with Crippen LogP contribution in [0, 0.1) is 0 Å². The number of hydroxylamine groups is 4. The van der Waals surface area contributed by atoms with E-state index in [0.717, 1.165) is 5.06 Å². The van der Waals surface area contributed by atoms with Crippen LogP contribution < -0.4 is 0 Å². The predicted molar refractivity (Wildman–Crippen MR) is 79.3 cm³/mol. The highest BCUT2D eigenvalue weighted by atomic mass is 16.7. The normalized spacial score (nSPS) is 17.2. The Balaban J connectivity index is 1.62. The first-order valence-corrected chi connectivity index (χ1v) is 7.66.